The van der Waals surface area contributed by atoms with Crippen LogP contribution >= 0.6 is 25.3 Å². The van der Waals surface area contributed by atoms with E-state index in [1.54, 1.807) is 74.8 Å². The molecule has 2 fully saturated rings. The average Bonchev–Trinajstić information content (AvgIpc) is 1.74. The number of nitrogens with zero attached hydrogens (tertiary/aromatic N) is 3. The zero-order valence-electron chi connectivity index (χ0n) is 60.8. The van der Waals surface area contributed by atoms with Crippen molar-refractivity contribution >= 4 is 136 Å². The number of amides is 12. The Hall–Kier alpha value is -11.5. The number of rotatable bonds is 41. The van der Waals surface area contributed by atoms with Crippen LogP contribution in [0.15, 0.2) is 97.7 Å². The van der Waals surface area contributed by atoms with Crippen LogP contribution in [0.1, 0.15) is 100 Å². The number of carbonyl (C=O) groups excluding carboxylic acids is 12. The summed E-state index contributed by atoms with van der Waals surface area (Å²) in [7, 11) is 0. The van der Waals surface area contributed by atoms with Gasteiger partial charge in [0.25, 0.3) is 0 Å². The molecular weight excluding hydrogens is 1480 g/mol. The molecule has 2 aliphatic heterocycles. The number of hydrogen-bond acceptors (Lipinski definition) is 20. The molecule has 6 aromatic rings. The Kier molecular flexibility index (Phi) is 30.8. The molecule has 596 valence electrons. The molecule has 0 aliphatic carbocycles. The Labute approximate surface area is 646 Å². The van der Waals surface area contributed by atoms with E-state index in [0.29, 0.717) is 50.6 Å². The molecule has 111 heavy (non-hydrogen) atoms. The molecule has 36 nitrogen and oxygen atoms in total. The second-order valence-electron chi connectivity index (χ2n) is 27.7. The number of benzene rings is 3. The predicted molar refractivity (Wildman–Crippen MR) is 405 cm³/mol. The standard InChI is InChI=1S/C73H93N17O19S2/c1-37(2)25-50(64(99)88-56(35-111)73(108)109)82-66(101)52(28-40-32-78-47-12-6-4-10-44(40)47)84-62(97)48(19-21-59(75)92)80-65(100)51(27-39-31-77-46-11-5-3-9-43(39)46)83-63(98)49(20-22-60(93)94)81-69(104)58-14-8-24-90(58)72(107)54(26-38-15-17-42(91)18-16-38)86-67(102)53(30-61(95)96)85-68(103)55(34-110)87-70(105)57-13-7-23-89(57)71(106)45(74)29-41-33-76-36-79-41/h3-6,9-12,15-18,31-33,36-37,45,48-58,77-78,91,110-111H,7-8,13-14,19-30,34-35,74H2,1-2H3,(H2,75,92)(H,76,79)(H,80,100)(H,81,104)(H,82,101)(H,83,98)(H,84,97)(H,85,103)(H,86,102)(H,87,105)(H,88,99)(H,93,94)(H,95,96)(H,108,109)/t45-,48-,49-,50-,51-,52-,53-,54-,55-,56-,57-,58-/m0/s1. The molecule has 3 aromatic carbocycles. The van der Waals surface area contributed by atoms with Crippen molar-refractivity contribution in [1.82, 2.24) is 77.6 Å². The van der Waals surface area contributed by atoms with E-state index in [2.05, 4.69) is 93.0 Å². The van der Waals surface area contributed by atoms with Crippen molar-refractivity contribution in [3.05, 3.63) is 120 Å². The minimum atomic E-state index is -1.94. The van der Waals surface area contributed by atoms with Gasteiger partial charge in [-0.25, -0.2) is 9.78 Å². The maximum Gasteiger partial charge on any atom is 0.327 e. The summed E-state index contributed by atoms with van der Waals surface area (Å²) >= 11 is 8.29. The molecule has 12 atom stereocenters. The predicted octanol–water partition coefficient (Wildman–Crippen LogP) is -1.38. The summed E-state index contributed by atoms with van der Waals surface area (Å²) in [6, 6.07) is 1.01. The first kappa shape index (κ1) is 85.1. The molecule has 12 amide bonds. The van der Waals surface area contributed by atoms with Crippen molar-refractivity contribution in [3.8, 4) is 5.75 Å². The smallest absolute Gasteiger partial charge is 0.327 e. The molecule has 2 saturated heterocycles. The van der Waals surface area contributed by atoms with Gasteiger partial charge in [-0.05, 0) is 91.8 Å². The minimum Gasteiger partial charge on any atom is -0.508 e. The normalized spacial score (nSPS) is 16.8. The summed E-state index contributed by atoms with van der Waals surface area (Å²) in [4.78, 5) is 224. The lowest BCUT2D eigenvalue weighted by molar-refractivity contribution is -0.144. The molecule has 8 rings (SSSR count). The third-order valence-electron chi connectivity index (χ3n) is 19.0. The van der Waals surface area contributed by atoms with Crippen LogP contribution in [0.4, 0.5) is 0 Å². The summed E-state index contributed by atoms with van der Waals surface area (Å²) in [6.45, 7) is 3.52. The fraction of sp³-hybridized carbons (Fsp3) is 0.452. The molecule has 38 heteroatoms. The highest BCUT2D eigenvalue weighted by molar-refractivity contribution is 7.80. The molecule has 0 bridgehead atoms. The van der Waals surface area contributed by atoms with Crippen LogP contribution in [0, 0.1) is 5.92 Å². The van der Waals surface area contributed by atoms with E-state index in [-0.39, 0.29) is 87.6 Å². The van der Waals surface area contributed by atoms with Gasteiger partial charge in [-0.15, -0.1) is 0 Å². The van der Waals surface area contributed by atoms with E-state index < -0.39 is 193 Å². The Morgan fingerprint density at radius 1 is 0.514 bits per heavy atom. The number of fused-ring (bicyclic) bond motifs is 2. The van der Waals surface area contributed by atoms with Gasteiger partial charge in [0.1, 0.15) is 72.2 Å². The van der Waals surface area contributed by atoms with Crippen molar-refractivity contribution in [1.29, 1.82) is 0 Å². The minimum absolute atomic E-state index is 0.00463. The van der Waals surface area contributed by atoms with E-state index in [4.69, 9.17) is 11.5 Å². The van der Waals surface area contributed by atoms with Gasteiger partial charge in [0.15, 0.2) is 0 Å². The molecule has 0 saturated carbocycles. The number of imidazole rings is 1. The number of nitrogens with one attached hydrogen (secondary N) is 12. The SMILES string of the molecule is CC(C)C[C@H](NC(=O)[C@H](Cc1c[nH]c2ccccc12)NC(=O)[C@H](CCC(N)=O)NC(=O)[C@H](Cc1c[nH]c2ccccc12)NC(=O)[C@H](CCC(=O)O)NC(=O)[C@@H]1CCCN1C(=O)[C@H](Cc1ccc(O)cc1)NC(=O)[C@H](CC(=O)O)NC(=O)[C@H](CS)NC(=O)[C@@H]1CCCN1C(=O)[C@@H](N)Cc1cnc[nH]1)C(=O)N[C@@H](CS)C(=O)O. The summed E-state index contributed by atoms with van der Waals surface area (Å²) in [5.41, 5.74) is 14.9. The quantitative estimate of drug-likeness (QED) is 0.0197. The monoisotopic (exact) mass is 1580 g/mol. The highest BCUT2D eigenvalue weighted by Crippen LogP contribution is 2.26. The van der Waals surface area contributed by atoms with Crippen molar-refractivity contribution in [2.45, 2.75) is 176 Å². The van der Waals surface area contributed by atoms with Gasteiger partial charge in [-0.1, -0.05) is 62.4 Å². The van der Waals surface area contributed by atoms with Crippen LogP contribution in [0.2, 0.25) is 0 Å². The number of phenols is 1. The maximum absolute atomic E-state index is 15.1. The topological polar surface area (TPSA) is 564 Å². The molecule has 20 N–H and O–H groups in total. The number of para-hydroxylation sites is 2. The largest absolute Gasteiger partial charge is 0.508 e. The Balaban J connectivity index is 1.02. The first-order valence-corrected chi connectivity index (χ1v) is 37.3. The van der Waals surface area contributed by atoms with Gasteiger partial charge in [0, 0.05) is 109 Å². The molecular formula is C73H93N17O19S2. The number of H-pyrrole nitrogens is 3. The number of carbonyl (C=O) groups is 15. The number of thiol groups is 2. The lowest BCUT2D eigenvalue weighted by Crippen LogP contribution is -2.61. The Morgan fingerprint density at radius 2 is 0.964 bits per heavy atom. The number of carboxylic acid groups (broad SMARTS) is 3. The maximum atomic E-state index is 15.1. The van der Waals surface area contributed by atoms with Crippen LogP contribution in [-0.2, 0) is 97.6 Å². The molecule has 0 radical (unpaired) electrons. The third kappa shape index (κ3) is 24.0. The summed E-state index contributed by atoms with van der Waals surface area (Å²) < 4.78 is 0. The number of aromatic hydroxyl groups is 1. The van der Waals surface area contributed by atoms with Crippen molar-refractivity contribution in [2.75, 3.05) is 24.6 Å². The van der Waals surface area contributed by atoms with Crippen LogP contribution in [0.25, 0.3) is 21.8 Å². The number of hydrogen-bond donors (Lipinski definition) is 20. The fourth-order valence-electron chi connectivity index (χ4n) is 13.3. The van der Waals surface area contributed by atoms with E-state index in [9.17, 15) is 82.8 Å². The summed E-state index contributed by atoms with van der Waals surface area (Å²) in [5, 5.41) is 64.0. The molecule has 5 heterocycles. The van der Waals surface area contributed by atoms with Gasteiger partial charge in [-0.2, -0.15) is 25.3 Å². The number of aromatic amines is 3. The van der Waals surface area contributed by atoms with Crippen LogP contribution in [0.5, 0.6) is 5.75 Å². The highest BCUT2D eigenvalue weighted by atomic mass is 32.1. The zero-order valence-corrected chi connectivity index (χ0v) is 62.6. The van der Waals surface area contributed by atoms with E-state index in [1.165, 1.54) is 41.7 Å². The Bertz CT molecular complexity index is 4360. The van der Waals surface area contributed by atoms with Crippen LogP contribution in [0.3, 0.4) is 0 Å². The lowest BCUT2D eigenvalue weighted by atomic mass is 9.99. The summed E-state index contributed by atoms with van der Waals surface area (Å²) in [6.07, 6.45) is 2.39. The number of aromatic nitrogens is 4. The average molecular weight is 1580 g/mol. The van der Waals surface area contributed by atoms with Crippen LogP contribution < -0.4 is 59.3 Å². The first-order chi connectivity index (χ1) is 52.9. The fourth-order valence-corrected chi connectivity index (χ4v) is 13.8. The zero-order chi connectivity index (χ0) is 80.8. The molecule has 0 spiro atoms. The second-order valence-corrected chi connectivity index (χ2v) is 28.4. The van der Waals surface area contributed by atoms with E-state index in [0.717, 1.165) is 4.90 Å². The van der Waals surface area contributed by atoms with Gasteiger partial charge in [0.2, 0.25) is 70.9 Å². The number of nitrogens with two attached hydrogens (primary N) is 2. The van der Waals surface area contributed by atoms with Crippen molar-refractivity contribution < 1.29 is 92.3 Å². The molecule has 2 aliphatic rings. The number of aliphatic carboxylic acids is 3. The molecule has 0 unspecified atom stereocenters. The highest BCUT2D eigenvalue weighted by Gasteiger charge is 2.43. The van der Waals surface area contributed by atoms with Crippen molar-refractivity contribution in [2.24, 2.45) is 17.4 Å². The number of phenolic OH excluding ortho intramolecular Hbond substituents is 1. The third-order valence-corrected chi connectivity index (χ3v) is 19.7. The first-order valence-electron chi connectivity index (χ1n) is 36.0. The van der Waals surface area contributed by atoms with Gasteiger partial charge < -0.3 is 104 Å². The lowest BCUT2D eigenvalue weighted by Gasteiger charge is -2.31. The van der Waals surface area contributed by atoms with Gasteiger partial charge in [0.05, 0.1) is 18.8 Å². The van der Waals surface area contributed by atoms with Crippen molar-refractivity contribution in [3.63, 3.8) is 0 Å². The van der Waals surface area contributed by atoms with E-state index >= 15 is 9.59 Å². The molecule has 3 aromatic heterocycles. The number of carboxylic acids is 3. The second kappa shape index (κ2) is 40.2. The Morgan fingerprint density at radius 3 is 1.47 bits per heavy atom. The van der Waals surface area contributed by atoms with Gasteiger partial charge >= 0.3 is 17.9 Å². The van der Waals surface area contributed by atoms with Gasteiger partial charge in [-0.3, -0.25) is 67.1 Å². The number of primary amides is 1. The summed E-state index contributed by atoms with van der Waals surface area (Å²) in [5.74, 6) is -17.0. The van der Waals surface area contributed by atoms with Crippen LogP contribution in [-0.4, -0.2) is 236 Å². The van der Waals surface area contributed by atoms with E-state index in [1.807, 2.05) is 0 Å². The number of likely N-dealkylation sites (tertiary alicyclic amines) is 2.